The lowest BCUT2D eigenvalue weighted by Crippen LogP contribution is -2.19. The SMILES string of the molecule is O=C(Cc1ccc2c(c1)OCO2)N/N=C\c1cc(Br)c(OCc2cccc3ccccc23)c(Br)c1. The van der Waals surface area contributed by atoms with Gasteiger partial charge in [-0.25, -0.2) is 5.43 Å². The molecule has 0 fully saturated rings. The fraction of sp³-hybridized carbons (Fsp3) is 0.111. The number of fused-ring (bicyclic) bond motifs is 2. The first kappa shape index (κ1) is 23.4. The van der Waals surface area contributed by atoms with Crippen molar-refractivity contribution in [3.05, 3.63) is 98.4 Å². The van der Waals surface area contributed by atoms with Crippen molar-refractivity contribution in [3.8, 4) is 17.2 Å². The number of halogens is 2. The number of hydrogen-bond acceptors (Lipinski definition) is 5. The number of carbonyl (C=O) groups excluding carboxylic acids is 1. The quantitative estimate of drug-likeness (QED) is 0.199. The number of amides is 1. The summed E-state index contributed by atoms with van der Waals surface area (Å²) in [5.41, 5.74) is 5.29. The van der Waals surface area contributed by atoms with Crippen molar-refractivity contribution >= 4 is 54.8 Å². The highest BCUT2D eigenvalue weighted by Crippen LogP contribution is 2.35. The van der Waals surface area contributed by atoms with Crippen molar-refractivity contribution in [2.75, 3.05) is 6.79 Å². The van der Waals surface area contributed by atoms with E-state index in [9.17, 15) is 4.79 Å². The maximum Gasteiger partial charge on any atom is 0.244 e. The van der Waals surface area contributed by atoms with Crippen LogP contribution in [0.15, 0.2) is 86.8 Å². The zero-order valence-electron chi connectivity index (χ0n) is 18.5. The zero-order chi connectivity index (χ0) is 24.2. The molecule has 35 heavy (non-hydrogen) atoms. The summed E-state index contributed by atoms with van der Waals surface area (Å²) in [6, 6.07) is 23.6. The van der Waals surface area contributed by atoms with Crippen LogP contribution in [0.5, 0.6) is 17.2 Å². The Morgan fingerprint density at radius 3 is 2.60 bits per heavy atom. The average Bonchev–Trinajstić information content (AvgIpc) is 3.31. The molecule has 0 spiro atoms. The third-order valence-corrected chi connectivity index (χ3v) is 6.66. The molecule has 176 valence electrons. The monoisotopic (exact) mass is 594 g/mol. The third kappa shape index (κ3) is 5.49. The number of ether oxygens (including phenoxy) is 3. The summed E-state index contributed by atoms with van der Waals surface area (Å²) in [7, 11) is 0. The smallest absolute Gasteiger partial charge is 0.244 e. The molecule has 1 heterocycles. The van der Waals surface area contributed by atoms with Gasteiger partial charge in [-0.05, 0) is 83.6 Å². The second-order valence-electron chi connectivity index (χ2n) is 7.90. The molecule has 0 radical (unpaired) electrons. The molecule has 4 aromatic carbocycles. The summed E-state index contributed by atoms with van der Waals surface area (Å²) in [5, 5.41) is 6.44. The minimum atomic E-state index is -0.228. The van der Waals surface area contributed by atoms with Crippen LogP contribution in [-0.2, 0) is 17.8 Å². The summed E-state index contributed by atoms with van der Waals surface area (Å²) in [4.78, 5) is 12.3. The molecule has 4 aromatic rings. The van der Waals surface area contributed by atoms with Crippen LogP contribution >= 0.6 is 31.9 Å². The Kier molecular flexibility index (Phi) is 7.01. The van der Waals surface area contributed by atoms with Gasteiger partial charge in [0, 0.05) is 0 Å². The van der Waals surface area contributed by atoms with Gasteiger partial charge >= 0.3 is 0 Å². The molecule has 6 nitrogen and oxygen atoms in total. The summed E-state index contributed by atoms with van der Waals surface area (Å²) in [5.74, 6) is 1.80. The minimum absolute atomic E-state index is 0.183. The van der Waals surface area contributed by atoms with Crippen LogP contribution in [0.1, 0.15) is 16.7 Å². The van der Waals surface area contributed by atoms with E-state index in [4.69, 9.17) is 14.2 Å². The summed E-state index contributed by atoms with van der Waals surface area (Å²) in [6.07, 6.45) is 1.77. The number of carbonyl (C=O) groups is 1. The number of nitrogens with zero attached hydrogens (tertiary/aromatic N) is 1. The lowest BCUT2D eigenvalue weighted by Gasteiger charge is -2.13. The Balaban J connectivity index is 1.21. The molecule has 0 saturated heterocycles. The Morgan fingerprint density at radius 2 is 1.74 bits per heavy atom. The second-order valence-corrected chi connectivity index (χ2v) is 9.61. The zero-order valence-corrected chi connectivity index (χ0v) is 21.6. The highest BCUT2D eigenvalue weighted by Gasteiger charge is 2.14. The van der Waals surface area contributed by atoms with Crippen molar-refractivity contribution < 1.29 is 19.0 Å². The molecule has 0 aromatic heterocycles. The average molecular weight is 596 g/mol. The highest BCUT2D eigenvalue weighted by atomic mass is 79.9. The van der Waals surface area contributed by atoms with E-state index in [1.54, 1.807) is 18.3 Å². The van der Waals surface area contributed by atoms with Crippen LogP contribution in [0.4, 0.5) is 0 Å². The largest absolute Gasteiger partial charge is 0.487 e. The van der Waals surface area contributed by atoms with Crippen LogP contribution in [0.2, 0.25) is 0 Å². The van der Waals surface area contributed by atoms with Gasteiger partial charge in [0.15, 0.2) is 11.5 Å². The summed E-state index contributed by atoms with van der Waals surface area (Å²) in [6.45, 7) is 0.634. The molecule has 0 saturated carbocycles. The Bertz CT molecular complexity index is 1410. The van der Waals surface area contributed by atoms with Gasteiger partial charge in [0.25, 0.3) is 0 Å². The van der Waals surface area contributed by atoms with Gasteiger partial charge < -0.3 is 14.2 Å². The van der Waals surface area contributed by atoms with Gasteiger partial charge in [0.1, 0.15) is 12.4 Å². The van der Waals surface area contributed by atoms with Crippen molar-refractivity contribution in [1.82, 2.24) is 5.43 Å². The van der Waals surface area contributed by atoms with Gasteiger partial charge in [0.2, 0.25) is 12.7 Å². The van der Waals surface area contributed by atoms with Crippen molar-refractivity contribution in [3.63, 3.8) is 0 Å². The van der Waals surface area contributed by atoms with E-state index in [2.05, 4.69) is 66.7 Å². The number of nitrogens with one attached hydrogen (secondary N) is 1. The normalized spacial score (nSPS) is 12.3. The molecular weight excluding hydrogens is 576 g/mol. The van der Waals surface area contributed by atoms with Crippen molar-refractivity contribution in [1.29, 1.82) is 0 Å². The first-order valence-electron chi connectivity index (χ1n) is 10.9. The number of benzene rings is 4. The molecule has 5 rings (SSSR count). The van der Waals surface area contributed by atoms with E-state index in [-0.39, 0.29) is 19.1 Å². The maximum atomic E-state index is 12.3. The van der Waals surface area contributed by atoms with Crippen molar-refractivity contribution in [2.45, 2.75) is 13.0 Å². The summed E-state index contributed by atoms with van der Waals surface area (Å²) >= 11 is 7.17. The third-order valence-electron chi connectivity index (χ3n) is 5.48. The fourth-order valence-corrected chi connectivity index (χ4v) is 5.27. The molecule has 1 N–H and O–H groups in total. The number of hydrazone groups is 1. The molecule has 0 atom stereocenters. The molecule has 1 aliphatic rings. The van der Waals surface area contributed by atoms with Gasteiger partial charge in [-0.2, -0.15) is 5.10 Å². The standard InChI is InChI=1S/C27H20Br2N2O4/c28-22-10-18(14-30-31-26(32)13-17-8-9-24-25(12-17)35-16-34-24)11-23(29)27(22)33-15-20-6-3-5-19-4-1-2-7-21(19)20/h1-12,14H,13,15-16H2,(H,31,32)/b30-14-. The Labute approximate surface area is 219 Å². The van der Waals surface area contributed by atoms with E-state index in [1.807, 2.05) is 36.4 Å². The van der Waals surface area contributed by atoms with E-state index < -0.39 is 0 Å². The van der Waals surface area contributed by atoms with E-state index in [0.29, 0.717) is 23.9 Å². The van der Waals surface area contributed by atoms with Crippen LogP contribution in [0, 0.1) is 0 Å². The van der Waals surface area contributed by atoms with Gasteiger partial charge in [-0.3, -0.25) is 4.79 Å². The lowest BCUT2D eigenvalue weighted by molar-refractivity contribution is -0.120. The van der Waals surface area contributed by atoms with Crippen molar-refractivity contribution in [2.24, 2.45) is 5.10 Å². The van der Waals surface area contributed by atoms with Crippen LogP contribution in [0.3, 0.4) is 0 Å². The molecule has 8 heteroatoms. The minimum Gasteiger partial charge on any atom is -0.487 e. The van der Waals surface area contributed by atoms with Crippen LogP contribution in [0.25, 0.3) is 10.8 Å². The predicted octanol–water partition coefficient (Wildman–Crippen LogP) is 6.37. The number of rotatable bonds is 7. The molecule has 0 aliphatic carbocycles. The van der Waals surface area contributed by atoms with E-state index in [0.717, 1.165) is 25.6 Å². The second kappa shape index (κ2) is 10.5. The topological polar surface area (TPSA) is 69.2 Å². The maximum absolute atomic E-state index is 12.3. The Morgan fingerprint density at radius 1 is 0.971 bits per heavy atom. The van der Waals surface area contributed by atoms with E-state index >= 15 is 0 Å². The Hall–Kier alpha value is -3.36. The molecule has 0 bridgehead atoms. The number of hydrogen-bond donors (Lipinski definition) is 1. The molecule has 1 aliphatic heterocycles. The van der Waals surface area contributed by atoms with Crippen LogP contribution < -0.4 is 19.6 Å². The van der Waals surface area contributed by atoms with Gasteiger partial charge in [0.05, 0.1) is 21.6 Å². The predicted molar refractivity (Wildman–Crippen MR) is 142 cm³/mol. The molecular formula is C27H20Br2N2O4. The first-order valence-corrected chi connectivity index (χ1v) is 12.4. The van der Waals surface area contributed by atoms with Crippen LogP contribution in [-0.4, -0.2) is 18.9 Å². The molecule has 0 unspecified atom stereocenters. The fourth-order valence-electron chi connectivity index (χ4n) is 3.81. The van der Waals surface area contributed by atoms with Gasteiger partial charge in [-0.15, -0.1) is 0 Å². The summed E-state index contributed by atoms with van der Waals surface area (Å²) < 4.78 is 18.3. The molecule has 1 amide bonds. The van der Waals surface area contributed by atoms with Gasteiger partial charge in [-0.1, -0.05) is 48.5 Å². The first-order chi connectivity index (χ1) is 17.1. The lowest BCUT2D eigenvalue weighted by atomic mass is 10.1. The highest BCUT2D eigenvalue weighted by molar-refractivity contribution is 9.11. The van der Waals surface area contributed by atoms with E-state index in [1.165, 1.54) is 10.8 Å².